The smallest absolute Gasteiger partial charge is 0.142 e. The molecular weight excluding hydrogens is 234 g/mol. The van der Waals surface area contributed by atoms with Gasteiger partial charge in [-0.2, -0.15) is 0 Å². The fourth-order valence-corrected chi connectivity index (χ4v) is 1.88. The standard InChI is InChI=1S/C17H19NO/c1-3-15-8-6-9-16(11-15)13-19-18-12-17-10-5-4-7-14(17)2/h4-12H,3,13H2,1-2H3. The minimum Gasteiger partial charge on any atom is -0.391 e. The Balaban J connectivity index is 1.91. The highest BCUT2D eigenvalue weighted by molar-refractivity contribution is 5.81. The molecule has 2 rings (SSSR count). The molecule has 0 N–H and O–H groups in total. The van der Waals surface area contributed by atoms with Crippen molar-refractivity contribution in [2.75, 3.05) is 0 Å². The van der Waals surface area contributed by atoms with Crippen LogP contribution in [0.1, 0.15) is 29.2 Å². The molecule has 0 atom stereocenters. The summed E-state index contributed by atoms with van der Waals surface area (Å²) in [5.74, 6) is 0. The van der Waals surface area contributed by atoms with Crippen LogP contribution in [0.5, 0.6) is 0 Å². The molecule has 19 heavy (non-hydrogen) atoms. The van der Waals surface area contributed by atoms with Gasteiger partial charge in [0.1, 0.15) is 6.61 Å². The van der Waals surface area contributed by atoms with Gasteiger partial charge in [0, 0.05) is 0 Å². The van der Waals surface area contributed by atoms with Crippen LogP contribution in [0.4, 0.5) is 0 Å². The second-order valence-electron chi connectivity index (χ2n) is 4.54. The molecule has 0 aliphatic rings. The molecule has 0 bridgehead atoms. The van der Waals surface area contributed by atoms with Crippen LogP contribution < -0.4 is 0 Å². The van der Waals surface area contributed by atoms with Crippen LogP contribution >= 0.6 is 0 Å². The quantitative estimate of drug-likeness (QED) is 0.580. The lowest BCUT2D eigenvalue weighted by Crippen LogP contribution is -1.91. The molecule has 0 fully saturated rings. The third-order valence-electron chi connectivity index (χ3n) is 3.09. The normalized spacial score (nSPS) is 10.8. The summed E-state index contributed by atoms with van der Waals surface area (Å²) in [4.78, 5) is 5.35. The van der Waals surface area contributed by atoms with Crippen molar-refractivity contribution in [2.45, 2.75) is 26.9 Å². The molecule has 2 nitrogen and oxygen atoms in total. The zero-order valence-electron chi connectivity index (χ0n) is 11.5. The molecule has 0 aromatic heterocycles. The molecular formula is C17H19NO. The maximum absolute atomic E-state index is 5.35. The van der Waals surface area contributed by atoms with Crippen LogP contribution in [0.3, 0.4) is 0 Å². The van der Waals surface area contributed by atoms with Crippen LogP contribution in [0.2, 0.25) is 0 Å². The van der Waals surface area contributed by atoms with Crippen LogP contribution in [0.25, 0.3) is 0 Å². The van der Waals surface area contributed by atoms with E-state index in [1.54, 1.807) is 6.21 Å². The van der Waals surface area contributed by atoms with Gasteiger partial charge < -0.3 is 4.84 Å². The zero-order valence-corrected chi connectivity index (χ0v) is 11.5. The molecule has 2 aromatic carbocycles. The van der Waals surface area contributed by atoms with Crippen LogP contribution in [0, 0.1) is 6.92 Å². The number of benzene rings is 2. The molecule has 98 valence electrons. The molecule has 0 aliphatic heterocycles. The monoisotopic (exact) mass is 253 g/mol. The zero-order chi connectivity index (χ0) is 13.5. The van der Waals surface area contributed by atoms with Crippen molar-refractivity contribution < 1.29 is 4.84 Å². The summed E-state index contributed by atoms with van der Waals surface area (Å²) in [6.07, 6.45) is 2.80. The van der Waals surface area contributed by atoms with E-state index in [1.807, 2.05) is 18.2 Å². The number of aryl methyl sites for hydroxylation is 2. The minimum atomic E-state index is 0.510. The van der Waals surface area contributed by atoms with Crippen molar-refractivity contribution in [3.05, 3.63) is 70.8 Å². The molecule has 0 amide bonds. The summed E-state index contributed by atoms with van der Waals surface area (Å²) < 4.78 is 0. The van der Waals surface area contributed by atoms with E-state index in [2.05, 4.69) is 49.3 Å². The van der Waals surface area contributed by atoms with Crippen molar-refractivity contribution in [1.82, 2.24) is 0 Å². The van der Waals surface area contributed by atoms with E-state index < -0.39 is 0 Å². The van der Waals surface area contributed by atoms with Crippen molar-refractivity contribution in [3.63, 3.8) is 0 Å². The van der Waals surface area contributed by atoms with E-state index in [0.717, 1.165) is 17.5 Å². The van der Waals surface area contributed by atoms with E-state index in [9.17, 15) is 0 Å². The van der Waals surface area contributed by atoms with Gasteiger partial charge in [0.25, 0.3) is 0 Å². The molecule has 0 spiro atoms. The van der Waals surface area contributed by atoms with Gasteiger partial charge in [-0.3, -0.25) is 0 Å². The van der Waals surface area contributed by atoms with Crippen LogP contribution in [-0.2, 0) is 17.9 Å². The average Bonchev–Trinajstić information content (AvgIpc) is 2.45. The summed E-state index contributed by atoms with van der Waals surface area (Å²) >= 11 is 0. The van der Waals surface area contributed by atoms with Crippen LogP contribution in [0.15, 0.2) is 53.7 Å². The third kappa shape index (κ3) is 3.95. The molecule has 0 saturated heterocycles. The number of rotatable bonds is 5. The summed E-state index contributed by atoms with van der Waals surface area (Å²) in [5.41, 5.74) is 4.76. The number of nitrogens with zero attached hydrogens (tertiary/aromatic N) is 1. The highest BCUT2D eigenvalue weighted by Crippen LogP contribution is 2.08. The lowest BCUT2D eigenvalue weighted by atomic mass is 10.1. The first-order chi connectivity index (χ1) is 9.29. The first kappa shape index (κ1) is 13.3. The maximum Gasteiger partial charge on any atom is 0.142 e. The van der Waals surface area contributed by atoms with Gasteiger partial charge in [0.05, 0.1) is 6.21 Å². The Morgan fingerprint density at radius 3 is 2.63 bits per heavy atom. The van der Waals surface area contributed by atoms with Gasteiger partial charge >= 0.3 is 0 Å². The minimum absolute atomic E-state index is 0.510. The largest absolute Gasteiger partial charge is 0.391 e. The number of hydrogen-bond donors (Lipinski definition) is 0. The summed E-state index contributed by atoms with van der Waals surface area (Å²) in [6, 6.07) is 16.5. The van der Waals surface area contributed by atoms with Gasteiger partial charge in [0.15, 0.2) is 0 Å². The van der Waals surface area contributed by atoms with Gasteiger partial charge in [-0.15, -0.1) is 0 Å². The predicted octanol–water partition coefficient (Wildman–Crippen LogP) is 4.11. The molecule has 0 saturated carbocycles. The van der Waals surface area contributed by atoms with Crippen molar-refractivity contribution in [2.24, 2.45) is 5.16 Å². The Bertz CT molecular complexity index is 561. The van der Waals surface area contributed by atoms with E-state index in [0.29, 0.717) is 6.61 Å². The van der Waals surface area contributed by atoms with Crippen molar-refractivity contribution in [1.29, 1.82) is 0 Å². The van der Waals surface area contributed by atoms with Crippen molar-refractivity contribution in [3.8, 4) is 0 Å². The average molecular weight is 253 g/mol. The molecule has 2 heteroatoms. The van der Waals surface area contributed by atoms with Gasteiger partial charge in [-0.25, -0.2) is 0 Å². The van der Waals surface area contributed by atoms with E-state index in [-0.39, 0.29) is 0 Å². The fourth-order valence-electron chi connectivity index (χ4n) is 1.88. The summed E-state index contributed by atoms with van der Waals surface area (Å²) in [7, 11) is 0. The molecule has 2 aromatic rings. The van der Waals surface area contributed by atoms with Gasteiger partial charge in [0.2, 0.25) is 0 Å². The molecule has 0 heterocycles. The fraction of sp³-hybridized carbons (Fsp3) is 0.235. The SMILES string of the molecule is CCc1cccc(CON=Cc2ccccc2C)c1. The Kier molecular flexibility index (Phi) is 4.73. The second kappa shape index (κ2) is 6.74. The number of hydrogen-bond acceptors (Lipinski definition) is 2. The summed E-state index contributed by atoms with van der Waals surface area (Å²) in [6.45, 7) is 4.72. The second-order valence-corrected chi connectivity index (χ2v) is 4.54. The first-order valence-corrected chi connectivity index (χ1v) is 6.58. The molecule has 0 aliphatic carbocycles. The molecule has 0 radical (unpaired) electrons. The van der Waals surface area contributed by atoms with E-state index >= 15 is 0 Å². The van der Waals surface area contributed by atoms with Crippen LogP contribution in [-0.4, -0.2) is 6.21 Å². The van der Waals surface area contributed by atoms with Crippen molar-refractivity contribution >= 4 is 6.21 Å². The van der Waals surface area contributed by atoms with Gasteiger partial charge in [-0.1, -0.05) is 60.6 Å². The maximum atomic E-state index is 5.35. The Labute approximate surface area is 114 Å². The van der Waals surface area contributed by atoms with Gasteiger partial charge in [-0.05, 0) is 35.6 Å². The third-order valence-corrected chi connectivity index (χ3v) is 3.09. The Morgan fingerprint density at radius 1 is 1.05 bits per heavy atom. The highest BCUT2D eigenvalue weighted by Gasteiger charge is 1.95. The lowest BCUT2D eigenvalue weighted by molar-refractivity contribution is 0.132. The molecule has 0 unspecified atom stereocenters. The topological polar surface area (TPSA) is 21.6 Å². The predicted molar refractivity (Wildman–Crippen MR) is 79.4 cm³/mol. The van der Waals surface area contributed by atoms with E-state index in [1.165, 1.54) is 11.1 Å². The lowest BCUT2D eigenvalue weighted by Gasteiger charge is -2.03. The summed E-state index contributed by atoms with van der Waals surface area (Å²) in [5, 5.41) is 4.03. The van der Waals surface area contributed by atoms with E-state index in [4.69, 9.17) is 4.84 Å². The Morgan fingerprint density at radius 2 is 1.84 bits per heavy atom. The first-order valence-electron chi connectivity index (χ1n) is 6.58. The number of oxime groups is 1. The Hall–Kier alpha value is -2.09. The highest BCUT2D eigenvalue weighted by atomic mass is 16.6.